The number of hydrogen-bond donors (Lipinski definition) is 0. The molecule has 1 unspecified atom stereocenters. The van der Waals surface area contributed by atoms with Crippen LogP contribution in [0.25, 0.3) is 10.6 Å². The van der Waals surface area contributed by atoms with Crippen molar-refractivity contribution < 1.29 is 13.2 Å². The summed E-state index contributed by atoms with van der Waals surface area (Å²) in [4.78, 5) is 8.61. The van der Waals surface area contributed by atoms with Crippen molar-refractivity contribution in [1.29, 1.82) is 0 Å². The summed E-state index contributed by atoms with van der Waals surface area (Å²) in [7, 11) is 0. The molecule has 0 aliphatic rings. The summed E-state index contributed by atoms with van der Waals surface area (Å²) in [6.45, 7) is 7.70. The van der Waals surface area contributed by atoms with Crippen LogP contribution >= 0.6 is 11.3 Å². The molecule has 0 radical (unpaired) electrons. The van der Waals surface area contributed by atoms with E-state index in [-0.39, 0.29) is 5.92 Å². The van der Waals surface area contributed by atoms with Crippen LogP contribution in [-0.2, 0) is 6.18 Å². The molecule has 1 heterocycles. The lowest BCUT2D eigenvalue weighted by Crippen LogP contribution is -2.07. The van der Waals surface area contributed by atoms with Crippen molar-refractivity contribution in [2.75, 3.05) is 0 Å². The Kier molecular flexibility index (Phi) is 5.24. The molecule has 2 aromatic rings. The molecule has 0 saturated carbocycles. The van der Waals surface area contributed by atoms with Crippen molar-refractivity contribution in [3.8, 4) is 10.6 Å². The fourth-order valence-electron chi connectivity index (χ4n) is 2.15. The average molecular weight is 340 g/mol. The van der Waals surface area contributed by atoms with E-state index in [1.54, 1.807) is 18.5 Å². The number of nitrogens with zero attached hydrogens (tertiary/aromatic N) is 2. The van der Waals surface area contributed by atoms with E-state index >= 15 is 0 Å². The van der Waals surface area contributed by atoms with Gasteiger partial charge in [0.1, 0.15) is 5.01 Å². The van der Waals surface area contributed by atoms with Crippen LogP contribution in [0.1, 0.15) is 38.3 Å². The van der Waals surface area contributed by atoms with Gasteiger partial charge in [0, 0.05) is 22.9 Å². The predicted octanol–water partition coefficient (Wildman–Crippen LogP) is 6.28. The minimum absolute atomic E-state index is 0.229. The Balaban J connectivity index is 2.64. The van der Waals surface area contributed by atoms with E-state index in [9.17, 15) is 13.2 Å². The van der Waals surface area contributed by atoms with Crippen molar-refractivity contribution >= 4 is 22.7 Å². The van der Waals surface area contributed by atoms with E-state index in [0.29, 0.717) is 16.3 Å². The second-order valence-corrected chi connectivity index (χ2v) is 6.46. The quantitative estimate of drug-likeness (QED) is 0.602. The zero-order valence-electron chi connectivity index (χ0n) is 13.5. The Morgan fingerprint density at radius 2 is 2.04 bits per heavy atom. The third-order valence-corrected chi connectivity index (χ3v) is 4.80. The lowest BCUT2D eigenvalue weighted by Gasteiger charge is -2.15. The monoisotopic (exact) mass is 340 g/mol. The fourth-order valence-corrected chi connectivity index (χ4v) is 2.86. The van der Waals surface area contributed by atoms with Gasteiger partial charge in [0.15, 0.2) is 0 Å². The molecule has 0 fully saturated rings. The summed E-state index contributed by atoms with van der Waals surface area (Å²) in [5.74, 6) is 0.229. The number of aliphatic imine (C=N–C) groups is 1. The van der Waals surface area contributed by atoms with E-state index in [1.165, 1.54) is 11.3 Å². The highest BCUT2D eigenvalue weighted by Crippen LogP contribution is 2.39. The first kappa shape index (κ1) is 17.7. The van der Waals surface area contributed by atoms with Gasteiger partial charge in [0.25, 0.3) is 0 Å². The standard InChI is InChI=1S/C17H19F3N2S/c1-5-10(2)12(4)22-15-9-13(17(18,19)20)8-14(11(15)3)16-21-6-7-23-16/h6-10H,5H2,1-4H3. The van der Waals surface area contributed by atoms with Gasteiger partial charge in [-0.25, -0.2) is 4.98 Å². The predicted molar refractivity (Wildman–Crippen MR) is 89.5 cm³/mol. The first-order valence-corrected chi connectivity index (χ1v) is 8.28. The zero-order valence-corrected chi connectivity index (χ0v) is 14.3. The average Bonchev–Trinajstić information content (AvgIpc) is 3.01. The van der Waals surface area contributed by atoms with Gasteiger partial charge in [0.2, 0.25) is 0 Å². The third kappa shape index (κ3) is 3.99. The molecule has 0 bridgehead atoms. The summed E-state index contributed by atoms with van der Waals surface area (Å²) < 4.78 is 39.7. The number of alkyl halides is 3. The van der Waals surface area contributed by atoms with Crippen molar-refractivity contribution in [3.05, 3.63) is 34.8 Å². The molecule has 6 heteroatoms. The molecule has 0 amide bonds. The molecular weight excluding hydrogens is 321 g/mol. The topological polar surface area (TPSA) is 25.2 Å². The van der Waals surface area contributed by atoms with Crippen molar-refractivity contribution in [2.24, 2.45) is 10.9 Å². The number of thiazole rings is 1. The van der Waals surface area contributed by atoms with Crippen LogP contribution < -0.4 is 0 Å². The molecule has 2 rings (SSSR count). The Morgan fingerprint density at radius 1 is 1.35 bits per heavy atom. The summed E-state index contributed by atoms with van der Waals surface area (Å²) in [5, 5.41) is 2.33. The van der Waals surface area contributed by atoms with Crippen molar-refractivity contribution in [1.82, 2.24) is 4.98 Å². The molecule has 0 aliphatic heterocycles. The SMILES string of the molecule is CCC(C)C(C)=Nc1cc(C(F)(F)F)cc(-c2nccs2)c1C. The molecule has 0 aliphatic carbocycles. The van der Waals surface area contributed by atoms with Gasteiger partial charge < -0.3 is 0 Å². The van der Waals surface area contributed by atoms with Crippen LogP contribution in [0.15, 0.2) is 28.7 Å². The number of rotatable bonds is 4. The Hall–Kier alpha value is -1.69. The van der Waals surface area contributed by atoms with E-state index < -0.39 is 11.7 Å². The maximum Gasteiger partial charge on any atom is 0.416 e. The Labute approximate surface area is 138 Å². The van der Waals surface area contributed by atoms with Gasteiger partial charge in [-0.2, -0.15) is 13.2 Å². The smallest absolute Gasteiger partial charge is 0.258 e. The maximum atomic E-state index is 13.2. The number of hydrogen-bond acceptors (Lipinski definition) is 3. The molecule has 2 nitrogen and oxygen atoms in total. The molecule has 124 valence electrons. The molecule has 1 aromatic carbocycles. The highest BCUT2D eigenvalue weighted by Gasteiger charge is 2.32. The Bertz CT molecular complexity index is 703. The lowest BCUT2D eigenvalue weighted by atomic mass is 10.0. The second kappa shape index (κ2) is 6.83. The number of halogens is 3. The van der Waals surface area contributed by atoms with Gasteiger partial charge >= 0.3 is 6.18 Å². The summed E-state index contributed by atoms with van der Waals surface area (Å²) in [6, 6.07) is 2.28. The molecule has 0 spiro atoms. The van der Waals surface area contributed by atoms with Gasteiger partial charge in [-0.15, -0.1) is 11.3 Å². The van der Waals surface area contributed by atoms with E-state index in [4.69, 9.17) is 0 Å². The summed E-state index contributed by atoms with van der Waals surface area (Å²) in [5.41, 5.74) is 1.72. The molecule has 1 aromatic heterocycles. The minimum atomic E-state index is -4.41. The summed E-state index contributed by atoms with van der Waals surface area (Å²) in [6.07, 6.45) is -1.92. The van der Waals surface area contributed by atoms with E-state index in [1.807, 2.05) is 20.8 Å². The zero-order chi connectivity index (χ0) is 17.2. The van der Waals surface area contributed by atoms with Crippen LogP contribution in [0.5, 0.6) is 0 Å². The number of benzene rings is 1. The third-order valence-electron chi connectivity index (χ3n) is 3.99. The molecule has 0 N–H and O–H groups in total. The molecular formula is C17H19F3N2S. The maximum absolute atomic E-state index is 13.2. The highest BCUT2D eigenvalue weighted by molar-refractivity contribution is 7.13. The first-order chi connectivity index (χ1) is 10.7. The van der Waals surface area contributed by atoms with Crippen LogP contribution in [0.3, 0.4) is 0 Å². The fraction of sp³-hybridized carbons (Fsp3) is 0.412. The minimum Gasteiger partial charge on any atom is -0.258 e. The Morgan fingerprint density at radius 3 is 2.57 bits per heavy atom. The normalized spacial score (nSPS) is 14.1. The number of aromatic nitrogens is 1. The first-order valence-electron chi connectivity index (χ1n) is 7.41. The molecule has 1 atom stereocenters. The van der Waals surface area contributed by atoms with Crippen LogP contribution in [0.2, 0.25) is 0 Å². The van der Waals surface area contributed by atoms with Crippen molar-refractivity contribution in [3.63, 3.8) is 0 Å². The second-order valence-electron chi connectivity index (χ2n) is 5.57. The summed E-state index contributed by atoms with van der Waals surface area (Å²) >= 11 is 1.32. The highest BCUT2D eigenvalue weighted by atomic mass is 32.1. The lowest BCUT2D eigenvalue weighted by molar-refractivity contribution is -0.137. The van der Waals surface area contributed by atoms with Gasteiger partial charge in [-0.05, 0) is 43.9 Å². The van der Waals surface area contributed by atoms with Gasteiger partial charge in [0.05, 0.1) is 11.3 Å². The van der Waals surface area contributed by atoms with Crippen LogP contribution in [0, 0.1) is 12.8 Å². The van der Waals surface area contributed by atoms with Gasteiger partial charge in [-0.1, -0.05) is 13.8 Å². The van der Waals surface area contributed by atoms with Crippen LogP contribution in [-0.4, -0.2) is 10.7 Å². The van der Waals surface area contributed by atoms with E-state index in [2.05, 4.69) is 9.98 Å². The molecule has 0 saturated heterocycles. The largest absolute Gasteiger partial charge is 0.416 e. The van der Waals surface area contributed by atoms with Crippen molar-refractivity contribution in [2.45, 2.75) is 40.3 Å². The molecule has 23 heavy (non-hydrogen) atoms. The van der Waals surface area contributed by atoms with E-state index in [0.717, 1.165) is 29.8 Å². The van der Waals surface area contributed by atoms with Crippen LogP contribution in [0.4, 0.5) is 18.9 Å². The van der Waals surface area contributed by atoms with Gasteiger partial charge in [-0.3, -0.25) is 4.99 Å².